The van der Waals surface area contributed by atoms with Crippen molar-refractivity contribution in [1.29, 1.82) is 0 Å². The van der Waals surface area contributed by atoms with E-state index in [9.17, 15) is 4.79 Å². The first kappa shape index (κ1) is 15.5. The standard InChI is InChI=1S/C18H26N2O2/c1-3-22-16-10-18(11-16)8-9-20(13-18)12-14-4-6-15(7-5-14)17(21)19-2/h4-7,16H,3,8-13H2,1-2H3,(H,19,21). The molecule has 1 aliphatic carbocycles. The Bertz CT molecular complexity index is 520. The molecule has 1 N–H and O–H groups in total. The molecule has 1 saturated carbocycles. The minimum absolute atomic E-state index is 0.0249. The van der Waals surface area contributed by atoms with E-state index in [0.29, 0.717) is 11.5 Å². The fourth-order valence-electron chi connectivity index (χ4n) is 3.92. The maximum absolute atomic E-state index is 11.6. The van der Waals surface area contributed by atoms with E-state index >= 15 is 0 Å². The first-order valence-corrected chi connectivity index (χ1v) is 8.29. The lowest BCUT2D eigenvalue weighted by atomic mass is 9.66. The second-order valence-corrected chi connectivity index (χ2v) is 6.72. The first-order chi connectivity index (χ1) is 10.6. The summed E-state index contributed by atoms with van der Waals surface area (Å²) in [7, 11) is 1.66. The second-order valence-electron chi connectivity index (χ2n) is 6.72. The molecule has 0 unspecified atom stereocenters. The molecule has 22 heavy (non-hydrogen) atoms. The maximum atomic E-state index is 11.6. The summed E-state index contributed by atoms with van der Waals surface area (Å²) in [6, 6.07) is 7.96. The van der Waals surface area contributed by atoms with E-state index in [4.69, 9.17) is 4.74 Å². The Kier molecular flexibility index (Phi) is 4.50. The average molecular weight is 302 g/mol. The van der Waals surface area contributed by atoms with Crippen molar-refractivity contribution in [2.24, 2.45) is 5.41 Å². The Balaban J connectivity index is 1.51. The topological polar surface area (TPSA) is 41.6 Å². The monoisotopic (exact) mass is 302 g/mol. The number of benzene rings is 1. The predicted molar refractivity (Wildman–Crippen MR) is 86.8 cm³/mol. The van der Waals surface area contributed by atoms with Gasteiger partial charge >= 0.3 is 0 Å². The van der Waals surface area contributed by atoms with Crippen LogP contribution in [0.2, 0.25) is 0 Å². The average Bonchev–Trinajstić information content (AvgIpc) is 2.91. The van der Waals surface area contributed by atoms with Crippen molar-refractivity contribution in [3.8, 4) is 0 Å². The number of rotatable bonds is 5. The summed E-state index contributed by atoms with van der Waals surface area (Å²) in [5.74, 6) is -0.0249. The third-order valence-electron chi connectivity index (χ3n) is 5.09. The van der Waals surface area contributed by atoms with Gasteiger partial charge in [0.15, 0.2) is 0 Å². The van der Waals surface area contributed by atoms with Gasteiger partial charge in [-0.15, -0.1) is 0 Å². The summed E-state index contributed by atoms with van der Waals surface area (Å²) in [5, 5.41) is 2.65. The lowest BCUT2D eigenvalue weighted by Crippen LogP contribution is -2.44. The number of hydrogen-bond acceptors (Lipinski definition) is 3. The van der Waals surface area contributed by atoms with Crippen LogP contribution in [0.15, 0.2) is 24.3 Å². The summed E-state index contributed by atoms with van der Waals surface area (Å²) in [6.07, 6.45) is 4.25. The number of nitrogens with one attached hydrogen (secondary N) is 1. The molecule has 1 aromatic rings. The van der Waals surface area contributed by atoms with E-state index in [0.717, 1.165) is 18.7 Å². The summed E-state index contributed by atoms with van der Waals surface area (Å²) in [5.41, 5.74) is 2.52. The largest absolute Gasteiger partial charge is 0.378 e. The van der Waals surface area contributed by atoms with Gasteiger partial charge < -0.3 is 10.1 Å². The van der Waals surface area contributed by atoms with Crippen molar-refractivity contribution >= 4 is 5.91 Å². The van der Waals surface area contributed by atoms with Crippen LogP contribution in [0.3, 0.4) is 0 Å². The van der Waals surface area contributed by atoms with Crippen molar-refractivity contribution < 1.29 is 9.53 Å². The summed E-state index contributed by atoms with van der Waals surface area (Å²) < 4.78 is 5.71. The first-order valence-electron chi connectivity index (χ1n) is 8.29. The van der Waals surface area contributed by atoms with Crippen LogP contribution in [0.4, 0.5) is 0 Å². The number of likely N-dealkylation sites (tertiary alicyclic amines) is 1. The van der Waals surface area contributed by atoms with E-state index in [1.165, 1.54) is 37.9 Å². The predicted octanol–water partition coefficient (Wildman–Crippen LogP) is 2.44. The normalized spacial score (nSPS) is 27.8. The Hall–Kier alpha value is -1.39. The molecule has 1 aliphatic heterocycles. The number of carbonyl (C=O) groups excluding carboxylic acids is 1. The minimum Gasteiger partial charge on any atom is -0.378 e. The van der Waals surface area contributed by atoms with E-state index in [-0.39, 0.29) is 5.91 Å². The molecule has 2 fully saturated rings. The molecule has 120 valence electrons. The van der Waals surface area contributed by atoms with E-state index in [1.54, 1.807) is 7.05 Å². The fraction of sp³-hybridized carbons (Fsp3) is 0.611. The van der Waals surface area contributed by atoms with Gasteiger partial charge in [0, 0.05) is 32.3 Å². The lowest BCUT2D eigenvalue weighted by molar-refractivity contribution is -0.0718. The summed E-state index contributed by atoms with van der Waals surface area (Å²) in [4.78, 5) is 14.1. The molecule has 0 aromatic heterocycles. The molecular weight excluding hydrogens is 276 g/mol. The molecule has 1 aromatic carbocycles. The Morgan fingerprint density at radius 1 is 1.36 bits per heavy atom. The Labute approximate surface area is 132 Å². The zero-order valence-electron chi connectivity index (χ0n) is 13.6. The van der Waals surface area contributed by atoms with E-state index in [1.807, 2.05) is 12.1 Å². The number of carbonyl (C=O) groups is 1. The molecule has 1 saturated heterocycles. The summed E-state index contributed by atoms with van der Waals surface area (Å²) >= 11 is 0. The van der Waals surface area contributed by atoms with Gasteiger partial charge in [0.2, 0.25) is 0 Å². The molecule has 1 spiro atoms. The summed E-state index contributed by atoms with van der Waals surface area (Å²) in [6.45, 7) is 6.26. The van der Waals surface area contributed by atoms with E-state index < -0.39 is 0 Å². The van der Waals surface area contributed by atoms with Gasteiger partial charge in [-0.3, -0.25) is 9.69 Å². The third-order valence-corrected chi connectivity index (χ3v) is 5.09. The van der Waals surface area contributed by atoms with Gasteiger partial charge in [-0.25, -0.2) is 0 Å². The quantitative estimate of drug-likeness (QED) is 0.908. The van der Waals surface area contributed by atoms with Crippen LogP contribution in [0.1, 0.15) is 42.1 Å². The van der Waals surface area contributed by atoms with Gasteiger partial charge in [0.1, 0.15) is 0 Å². The smallest absolute Gasteiger partial charge is 0.251 e. The highest BCUT2D eigenvalue weighted by Crippen LogP contribution is 2.49. The van der Waals surface area contributed by atoms with Gasteiger partial charge in [-0.1, -0.05) is 12.1 Å². The molecule has 1 amide bonds. The van der Waals surface area contributed by atoms with Crippen LogP contribution < -0.4 is 5.32 Å². The Morgan fingerprint density at radius 2 is 2.09 bits per heavy atom. The van der Waals surface area contributed by atoms with Crippen molar-refractivity contribution in [1.82, 2.24) is 10.2 Å². The van der Waals surface area contributed by atoms with Crippen molar-refractivity contribution in [2.45, 2.75) is 38.8 Å². The molecule has 0 bridgehead atoms. The molecule has 0 radical (unpaired) electrons. The molecule has 4 heteroatoms. The molecule has 0 atom stereocenters. The number of nitrogens with zero attached hydrogens (tertiary/aromatic N) is 1. The molecule has 4 nitrogen and oxygen atoms in total. The molecular formula is C18H26N2O2. The fourth-order valence-corrected chi connectivity index (χ4v) is 3.92. The van der Waals surface area contributed by atoms with Crippen molar-refractivity contribution in [3.05, 3.63) is 35.4 Å². The maximum Gasteiger partial charge on any atom is 0.251 e. The molecule has 2 aliphatic rings. The van der Waals surface area contributed by atoms with Crippen LogP contribution in [0, 0.1) is 5.41 Å². The SMILES string of the molecule is CCOC1CC2(CCN(Cc3ccc(C(=O)NC)cc3)C2)C1. The number of hydrogen-bond donors (Lipinski definition) is 1. The zero-order valence-corrected chi connectivity index (χ0v) is 13.6. The van der Waals surface area contributed by atoms with Crippen LogP contribution in [0.5, 0.6) is 0 Å². The number of amides is 1. The Morgan fingerprint density at radius 3 is 2.73 bits per heavy atom. The van der Waals surface area contributed by atoms with Crippen LogP contribution in [-0.2, 0) is 11.3 Å². The van der Waals surface area contributed by atoms with Crippen molar-refractivity contribution in [2.75, 3.05) is 26.7 Å². The van der Waals surface area contributed by atoms with Crippen LogP contribution in [0.25, 0.3) is 0 Å². The van der Waals surface area contributed by atoms with Crippen LogP contribution in [-0.4, -0.2) is 43.7 Å². The third kappa shape index (κ3) is 3.18. The highest BCUT2D eigenvalue weighted by Gasteiger charge is 2.48. The highest BCUT2D eigenvalue weighted by molar-refractivity contribution is 5.93. The minimum atomic E-state index is -0.0249. The van der Waals surface area contributed by atoms with E-state index in [2.05, 4.69) is 29.3 Å². The molecule has 3 rings (SSSR count). The second kappa shape index (κ2) is 6.39. The lowest BCUT2D eigenvalue weighted by Gasteiger charge is -2.44. The van der Waals surface area contributed by atoms with Gasteiger partial charge in [0.25, 0.3) is 5.91 Å². The van der Waals surface area contributed by atoms with Gasteiger partial charge in [-0.2, -0.15) is 0 Å². The van der Waals surface area contributed by atoms with Gasteiger partial charge in [0.05, 0.1) is 6.10 Å². The highest BCUT2D eigenvalue weighted by atomic mass is 16.5. The zero-order chi connectivity index (χ0) is 15.6. The number of ether oxygens (including phenoxy) is 1. The van der Waals surface area contributed by atoms with Crippen molar-refractivity contribution in [3.63, 3.8) is 0 Å². The van der Waals surface area contributed by atoms with Gasteiger partial charge in [-0.05, 0) is 55.8 Å². The molecule has 1 heterocycles. The van der Waals surface area contributed by atoms with Crippen LogP contribution >= 0.6 is 0 Å².